The summed E-state index contributed by atoms with van der Waals surface area (Å²) in [5.74, 6) is -0.756. The third-order valence-corrected chi connectivity index (χ3v) is 2.35. The van der Waals surface area contributed by atoms with Crippen molar-refractivity contribution in [1.29, 1.82) is 0 Å². The van der Waals surface area contributed by atoms with Gasteiger partial charge in [-0.25, -0.2) is 9.48 Å². The number of pyridine rings is 1. The van der Waals surface area contributed by atoms with Crippen molar-refractivity contribution in [2.24, 2.45) is 11.5 Å². The molecule has 8 nitrogen and oxygen atoms in total. The van der Waals surface area contributed by atoms with Crippen LogP contribution in [0.2, 0.25) is 0 Å². The molecule has 0 aromatic carbocycles. The Labute approximate surface area is 108 Å². The number of nitrogens with two attached hydrogens (primary N) is 2. The maximum atomic E-state index is 11.3. The van der Waals surface area contributed by atoms with Crippen LogP contribution in [0, 0.1) is 6.92 Å². The van der Waals surface area contributed by atoms with E-state index in [-0.39, 0.29) is 11.4 Å². The minimum absolute atomic E-state index is 0.0618. The standard InChI is InChI=1S/C11H12N6O2/c1-6-4-7(2-3-14-6)17-5-8(15-11(13)19)9(16-17)10(12)18/h2-5H,1H3,(H2,12,18)(H3,13,15,19). The lowest BCUT2D eigenvalue weighted by atomic mass is 10.3. The summed E-state index contributed by atoms with van der Waals surface area (Å²) in [4.78, 5) is 26.2. The van der Waals surface area contributed by atoms with Crippen LogP contribution in [-0.4, -0.2) is 26.7 Å². The highest BCUT2D eigenvalue weighted by Gasteiger charge is 2.16. The van der Waals surface area contributed by atoms with E-state index in [1.807, 2.05) is 6.92 Å². The fraction of sp³-hybridized carbons (Fsp3) is 0.0909. The molecule has 0 atom stereocenters. The van der Waals surface area contributed by atoms with Crippen LogP contribution in [0.1, 0.15) is 16.2 Å². The fourth-order valence-electron chi connectivity index (χ4n) is 1.59. The summed E-state index contributed by atoms with van der Waals surface area (Å²) in [6.07, 6.45) is 3.07. The van der Waals surface area contributed by atoms with E-state index in [9.17, 15) is 9.59 Å². The normalized spacial score (nSPS) is 10.2. The molecule has 98 valence electrons. The number of aryl methyl sites for hydroxylation is 1. The second-order valence-corrected chi connectivity index (χ2v) is 3.84. The van der Waals surface area contributed by atoms with E-state index < -0.39 is 11.9 Å². The Kier molecular flexibility index (Phi) is 3.15. The maximum absolute atomic E-state index is 11.3. The number of primary amides is 2. The van der Waals surface area contributed by atoms with Gasteiger partial charge in [0.1, 0.15) is 0 Å². The van der Waals surface area contributed by atoms with E-state index in [1.165, 1.54) is 10.9 Å². The van der Waals surface area contributed by atoms with Crippen molar-refractivity contribution in [3.05, 3.63) is 35.9 Å². The van der Waals surface area contributed by atoms with Crippen LogP contribution >= 0.6 is 0 Å². The van der Waals surface area contributed by atoms with Crippen LogP contribution in [0.3, 0.4) is 0 Å². The fourth-order valence-corrected chi connectivity index (χ4v) is 1.59. The van der Waals surface area contributed by atoms with E-state index in [0.717, 1.165) is 5.69 Å². The first-order valence-electron chi connectivity index (χ1n) is 5.36. The lowest BCUT2D eigenvalue weighted by Crippen LogP contribution is -2.22. The van der Waals surface area contributed by atoms with Crippen molar-refractivity contribution in [2.45, 2.75) is 6.92 Å². The molecule has 0 aliphatic heterocycles. The quantitative estimate of drug-likeness (QED) is 0.726. The lowest BCUT2D eigenvalue weighted by Gasteiger charge is -2.00. The SMILES string of the molecule is Cc1cc(-n2cc(NC(N)=O)c(C(N)=O)n2)ccn1. The molecule has 2 aromatic heterocycles. The molecule has 8 heteroatoms. The Morgan fingerprint density at radius 2 is 2.11 bits per heavy atom. The molecule has 0 radical (unpaired) electrons. The molecule has 2 heterocycles. The second-order valence-electron chi connectivity index (χ2n) is 3.84. The van der Waals surface area contributed by atoms with Crippen molar-refractivity contribution in [3.63, 3.8) is 0 Å². The molecule has 0 aliphatic rings. The zero-order valence-electron chi connectivity index (χ0n) is 10.1. The second kappa shape index (κ2) is 4.77. The number of nitrogens with zero attached hydrogens (tertiary/aromatic N) is 3. The summed E-state index contributed by atoms with van der Waals surface area (Å²) in [6.45, 7) is 1.82. The maximum Gasteiger partial charge on any atom is 0.316 e. The van der Waals surface area contributed by atoms with E-state index in [4.69, 9.17) is 11.5 Å². The van der Waals surface area contributed by atoms with Gasteiger partial charge in [-0.15, -0.1) is 0 Å². The van der Waals surface area contributed by atoms with Gasteiger partial charge < -0.3 is 16.8 Å². The van der Waals surface area contributed by atoms with Crippen LogP contribution in [0.5, 0.6) is 0 Å². The average molecular weight is 260 g/mol. The van der Waals surface area contributed by atoms with Crippen LogP contribution in [0.4, 0.5) is 10.5 Å². The number of rotatable bonds is 3. The highest BCUT2D eigenvalue weighted by Crippen LogP contribution is 2.17. The largest absolute Gasteiger partial charge is 0.364 e. The van der Waals surface area contributed by atoms with Crippen molar-refractivity contribution < 1.29 is 9.59 Å². The minimum Gasteiger partial charge on any atom is -0.364 e. The van der Waals surface area contributed by atoms with Crippen LogP contribution in [0.15, 0.2) is 24.5 Å². The van der Waals surface area contributed by atoms with E-state index >= 15 is 0 Å². The Hall–Kier alpha value is -2.90. The molecular weight excluding hydrogens is 248 g/mol. The molecule has 0 saturated carbocycles. The first-order chi connectivity index (χ1) is 8.97. The average Bonchev–Trinajstić information content (AvgIpc) is 2.72. The number of anilines is 1. The number of amides is 3. The Balaban J connectivity index is 2.48. The molecule has 0 aliphatic carbocycles. The van der Waals surface area contributed by atoms with E-state index in [2.05, 4.69) is 15.4 Å². The molecule has 2 rings (SSSR count). The van der Waals surface area contributed by atoms with E-state index in [0.29, 0.717) is 5.69 Å². The van der Waals surface area contributed by atoms with Crippen molar-refractivity contribution >= 4 is 17.6 Å². The van der Waals surface area contributed by atoms with Gasteiger partial charge in [0.15, 0.2) is 5.69 Å². The zero-order valence-corrected chi connectivity index (χ0v) is 10.1. The van der Waals surface area contributed by atoms with Gasteiger partial charge in [-0.1, -0.05) is 0 Å². The molecule has 3 amide bonds. The van der Waals surface area contributed by atoms with Crippen molar-refractivity contribution in [2.75, 3.05) is 5.32 Å². The van der Waals surface area contributed by atoms with Gasteiger partial charge in [0, 0.05) is 11.9 Å². The molecule has 2 aromatic rings. The van der Waals surface area contributed by atoms with Gasteiger partial charge in [0.05, 0.1) is 17.6 Å². The first-order valence-corrected chi connectivity index (χ1v) is 5.36. The monoisotopic (exact) mass is 260 g/mol. The predicted octanol–water partition coefficient (Wildman–Crippen LogP) is 0.165. The lowest BCUT2D eigenvalue weighted by molar-refractivity contribution is 0.0996. The predicted molar refractivity (Wildman–Crippen MR) is 67.8 cm³/mol. The summed E-state index contributed by atoms with van der Waals surface area (Å²) in [5, 5.41) is 6.32. The number of aromatic nitrogens is 3. The van der Waals surface area contributed by atoms with Crippen LogP contribution in [-0.2, 0) is 0 Å². The molecule has 19 heavy (non-hydrogen) atoms. The topological polar surface area (TPSA) is 129 Å². The number of carbonyl (C=O) groups excluding carboxylic acids is 2. The number of carbonyl (C=O) groups is 2. The van der Waals surface area contributed by atoms with Gasteiger partial charge in [-0.05, 0) is 19.1 Å². The summed E-state index contributed by atoms with van der Waals surface area (Å²) in [5.41, 5.74) is 11.8. The van der Waals surface area contributed by atoms with Gasteiger partial charge >= 0.3 is 6.03 Å². The molecule has 0 fully saturated rings. The molecule has 0 bridgehead atoms. The van der Waals surface area contributed by atoms with Crippen molar-refractivity contribution in [1.82, 2.24) is 14.8 Å². The molecular formula is C11H12N6O2. The Morgan fingerprint density at radius 3 is 2.68 bits per heavy atom. The highest BCUT2D eigenvalue weighted by atomic mass is 16.2. The number of hydrogen-bond acceptors (Lipinski definition) is 4. The van der Waals surface area contributed by atoms with Crippen LogP contribution in [0.25, 0.3) is 5.69 Å². The molecule has 0 spiro atoms. The smallest absolute Gasteiger partial charge is 0.316 e. The van der Waals surface area contributed by atoms with Gasteiger partial charge in [0.2, 0.25) is 0 Å². The van der Waals surface area contributed by atoms with Gasteiger partial charge in [0.25, 0.3) is 5.91 Å². The van der Waals surface area contributed by atoms with Crippen molar-refractivity contribution in [3.8, 4) is 5.69 Å². The van der Waals surface area contributed by atoms with Gasteiger partial charge in [-0.2, -0.15) is 5.10 Å². The molecule has 0 unspecified atom stereocenters. The Morgan fingerprint density at radius 1 is 1.37 bits per heavy atom. The summed E-state index contributed by atoms with van der Waals surface area (Å²) in [6, 6.07) is 2.68. The number of hydrogen-bond donors (Lipinski definition) is 3. The summed E-state index contributed by atoms with van der Waals surface area (Å²) >= 11 is 0. The third-order valence-electron chi connectivity index (χ3n) is 2.35. The van der Waals surface area contributed by atoms with Crippen LogP contribution < -0.4 is 16.8 Å². The highest BCUT2D eigenvalue weighted by molar-refractivity contribution is 6.00. The minimum atomic E-state index is -0.798. The number of urea groups is 1. The zero-order chi connectivity index (χ0) is 14.0. The molecule has 0 saturated heterocycles. The van der Waals surface area contributed by atoms with E-state index in [1.54, 1.807) is 18.3 Å². The van der Waals surface area contributed by atoms with Gasteiger partial charge in [-0.3, -0.25) is 9.78 Å². The number of nitrogens with one attached hydrogen (secondary N) is 1. The summed E-state index contributed by atoms with van der Waals surface area (Å²) in [7, 11) is 0. The Bertz CT molecular complexity index is 648. The molecule has 5 N–H and O–H groups in total. The third kappa shape index (κ3) is 2.68. The summed E-state index contributed by atoms with van der Waals surface area (Å²) < 4.78 is 1.42. The first kappa shape index (κ1) is 12.6.